The number of rotatable bonds is 1. The number of hydrogen-bond acceptors (Lipinski definition) is 2. The van der Waals surface area contributed by atoms with Crippen molar-refractivity contribution in [1.82, 2.24) is 5.32 Å². The zero-order chi connectivity index (χ0) is 10.6. The number of nitrogens with zero attached hydrogens (tertiary/aromatic N) is 1. The topological polar surface area (TPSA) is 93.5 Å². The van der Waals surface area contributed by atoms with Crippen molar-refractivity contribution in [3.05, 3.63) is 29.8 Å². The van der Waals surface area contributed by atoms with E-state index in [0.29, 0.717) is 5.69 Å². The predicted octanol–water partition coefficient (Wildman–Crippen LogP) is 0.610. The smallest absolute Gasteiger partial charge is 0.318 e. The van der Waals surface area contributed by atoms with Gasteiger partial charge in [-0.25, -0.2) is 9.79 Å². The summed E-state index contributed by atoms with van der Waals surface area (Å²) in [4.78, 5) is 14.3. The molecule has 74 valence electrons. The Balaban J connectivity index is 2.76. The molecule has 2 amide bonds. The number of aryl methyl sites for hydroxylation is 1. The highest BCUT2D eigenvalue weighted by atomic mass is 16.2. The van der Waals surface area contributed by atoms with Gasteiger partial charge in [0.05, 0.1) is 5.69 Å². The Morgan fingerprint density at radius 1 is 1.29 bits per heavy atom. The highest BCUT2D eigenvalue weighted by molar-refractivity contribution is 5.95. The van der Waals surface area contributed by atoms with Gasteiger partial charge in [-0.1, -0.05) is 17.7 Å². The average molecular weight is 192 g/mol. The van der Waals surface area contributed by atoms with Crippen LogP contribution in [0.1, 0.15) is 5.56 Å². The highest BCUT2D eigenvalue weighted by Gasteiger charge is 1.95. The SMILES string of the molecule is Cc1ccc(N=C(N)NC(N)=O)cc1. The molecule has 0 heterocycles. The van der Waals surface area contributed by atoms with Gasteiger partial charge in [-0.2, -0.15) is 0 Å². The van der Waals surface area contributed by atoms with Crippen molar-refractivity contribution >= 4 is 17.7 Å². The summed E-state index contributed by atoms with van der Waals surface area (Å²) in [6, 6.07) is 6.67. The molecule has 0 unspecified atom stereocenters. The van der Waals surface area contributed by atoms with Crippen LogP contribution in [0.25, 0.3) is 0 Å². The van der Waals surface area contributed by atoms with Gasteiger partial charge in [0.25, 0.3) is 0 Å². The molecule has 14 heavy (non-hydrogen) atoms. The number of urea groups is 1. The van der Waals surface area contributed by atoms with Crippen LogP contribution in [-0.2, 0) is 0 Å². The molecule has 5 nitrogen and oxygen atoms in total. The quantitative estimate of drug-likeness (QED) is 0.449. The average Bonchev–Trinajstić information content (AvgIpc) is 2.07. The summed E-state index contributed by atoms with van der Waals surface area (Å²) in [6.07, 6.45) is 0. The van der Waals surface area contributed by atoms with Gasteiger partial charge >= 0.3 is 6.03 Å². The second-order valence-electron chi connectivity index (χ2n) is 2.82. The molecule has 1 aromatic rings. The highest BCUT2D eigenvalue weighted by Crippen LogP contribution is 2.11. The van der Waals surface area contributed by atoms with E-state index < -0.39 is 6.03 Å². The maximum absolute atomic E-state index is 10.4. The molecule has 0 aromatic heterocycles. The fourth-order valence-corrected chi connectivity index (χ4v) is 0.913. The van der Waals surface area contributed by atoms with Gasteiger partial charge in [0, 0.05) is 0 Å². The van der Waals surface area contributed by atoms with Crippen molar-refractivity contribution in [3.63, 3.8) is 0 Å². The fourth-order valence-electron chi connectivity index (χ4n) is 0.913. The Bertz CT molecular complexity index is 356. The van der Waals surface area contributed by atoms with Crippen LogP contribution < -0.4 is 16.8 Å². The van der Waals surface area contributed by atoms with E-state index in [1.807, 2.05) is 19.1 Å². The second-order valence-corrected chi connectivity index (χ2v) is 2.82. The zero-order valence-electron chi connectivity index (χ0n) is 7.82. The van der Waals surface area contributed by atoms with Crippen LogP contribution >= 0.6 is 0 Å². The molecular formula is C9H12N4O. The molecule has 5 heteroatoms. The standard InChI is InChI=1S/C9H12N4O/c1-6-2-4-7(5-3-6)12-8(10)13-9(11)14/h2-5H,1H3,(H5,10,11,12,13,14). The number of carbonyl (C=O) groups excluding carboxylic acids is 1. The van der Waals surface area contributed by atoms with Gasteiger partial charge < -0.3 is 11.5 Å². The number of guanidine groups is 1. The molecule has 0 aliphatic heterocycles. The minimum absolute atomic E-state index is 0.0126. The Labute approximate surface area is 81.8 Å². The molecule has 5 N–H and O–H groups in total. The lowest BCUT2D eigenvalue weighted by Crippen LogP contribution is -2.39. The van der Waals surface area contributed by atoms with Crippen LogP contribution in [0.2, 0.25) is 0 Å². The monoisotopic (exact) mass is 192 g/mol. The third kappa shape index (κ3) is 3.14. The molecule has 0 fully saturated rings. The zero-order valence-corrected chi connectivity index (χ0v) is 7.82. The maximum atomic E-state index is 10.4. The first-order valence-corrected chi connectivity index (χ1v) is 4.05. The Hall–Kier alpha value is -2.04. The molecule has 0 radical (unpaired) electrons. The number of amides is 2. The summed E-state index contributed by atoms with van der Waals surface area (Å²) < 4.78 is 0. The maximum Gasteiger partial charge on any atom is 0.318 e. The summed E-state index contributed by atoms with van der Waals surface area (Å²) >= 11 is 0. The lowest BCUT2D eigenvalue weighted by molar-refractivity contribution is 0.253. The van der Waals surface area contributed by atoms with Crippen LogP contribution in [-0.4, -0.2) is 12.0 Å². The molecule has 0 bridgehead atoms. The molecule has 0 aliphatic carbocycles. The summed E-state index contributed by atoms with van der Waals surface area (Å²) in [5.41, 5.74) is 12.0. The van der Waals surface area contributed by atoms with Crippen LogP contribution in [0.5, 0.6) is 0 Å². The van der Waals surface area contributed by atoms with Crippen LogP contribution in [0.15, 0.2) is 29.3 Å². The second kappa shape index (κ2) is 4.27. The van der Waals surface area contributed by atoms with Crippen molar-refractivity contribution in [3.8, 4) is 0 Å². The number of primary amides is 1. The van der Waals surface area contributed by atoms with Crippen molar-refractivity contribution in [2.75, 3.05) is 0 Å². The normalized spacial score (nSPS) is 11.1. The summed E-state index contributed by atoms with van der Waals surface area (Å²) in [5.74, 6) is -0.0126. The molecular weight excluding hydrogens is 180 g/mol. The van der Waals surface area contributed by atoms with Crippen molar-refractivity contribution in [2.45, 2.75) is 6.92 Å². The molecule has 0 atom stereocenters. The minimum atomic E-state index is -0.724. The number of benzene rings is 1. The van der Waals surface area contributed by atoms with Crippen LogP contribution in [0, 0.1) is 6.92 Å². The Morgan fingerprint density at radius 3 is 2.36 bits per heavy atom. The fraction of sp³-hybridized carbons (Fsp3) is 0.111. The lowest BCUT2D eigenvalue weighted by Gasteiger charge is -2.00. The number of nitrogens with two attached hydrogens (primary N) is 2. The van der Waals surface area contributed by atoms with E-state index in [2.05, 4.69) is 10.3 Å². The summed E-state index contributed by atoms with van der Waals surface area (Å²) in [7, 11) is 0. The molecule has 0 saturated heterocycles. The van der Waals surface area contributed by atoms with E-state index in [4.69, 9.17) is 11.5 Å². The summed E-state index contributed by atoms with van der Waals surface area (Å²) in [6.45, 7) is 1.97. The van der Waals surface area contributed by atoms with E-state index in [-0.39, 0.29) is 5.96 Å². The predicted molar refractivity (Wildman–Crippen MR) is 55.2 cm³/mol. The third-order valence-corrected chi connectivity index (χ3v) is 1.53. The number of hydrogen-bond donors (Lipinski definition) is 3. The Kier molecular flexibility index (Phi) is 3.06. The van der Waals surface area contributed by atoms with Crippen molar-refractivity contribution in [2.24, 2.45) is 16.5 Å². The molecule has 0 spiro atoms. The van der Waals surface area contributed by atoms with Crippen LogP contribution in [0.3, 0.4) is 0 Å². The molecule has 1 aromatic carbocycles. The van der Waals surface area contributed by atoms with Gasteiger partial charge in [0.1, 0.15) is 0 Å². The van der Waals surface area contributed by atoms with Crippen LogP contribution in [0.4, 0.5) is 10.5 Å². The van der Waals surface area contributed by atoms with E-state index >= 15 is 0 Å². The van der Waals surface area contributed by atoms with Gasteiger partial charge in [-0.05, 0) is 19.1 Å². The van der Waals surface area contributed by atoms with Gasteiger partial charge in [-0.15, -0.1) is 0 Å². The lowest BCUT2D eigenvalue weighted by atomic mass is 10.2. The summed E-state index contributed by atoms with van der Waals surface area (Å²) in [5, 5.41) is 2.17. The van der Waals surface area contributed by atoms with E-state index in [9.17, 15) is 4.79 Å². The van der Waals surface area contributed by atoms with Gasteiger partial charge in [0.15, 0.2) is 0 Å². The molecule has 0 aliphatic rings. The van der Waals surface area contributed by atoms with E-state index in [1.165, 1.54) is 0 Å². The molecule has 1 rings (SSSR count). The number of carbonyl (C=O) groups is 1. The van der Waals surface area contributed by atoms with E-state index in [0.717, 1.165) is 5.56 Å². The first kappa shape index (κ1) is 10.0. The van der Waals surface area contributed by atoms with Gasteiger partial charge in [0.2, 0.25) is 5.96 Å². The first-order chi connectivity index (χ1) is 6.58. The number of aliphatic imine (C=N–C) groups is 1. The Morgan fingerprint density at radius 2 is 1.86 bits per heavy atom. The van der Waals surface area contributed by atoms with Crippen molar-refractivity contribution in [1.29, 1.82) is 0 Å². The largest absolute Gasteiger partial charge is 0.369 e. The van der Waals surface area contributed by atoms with Crippen molar-refractivity contribution < 1.29 is 4.79 Å². The molecule has 0 saturated carbocycles. The minimum Gasteiger partial charge on any atom is -0.369 e. The first-order valence-electron chi connectivity index (χ1n) is 4.05. The third-order valence-electron chi connectivity index (χ3n) is 1.53. The van der Waals surface area contributed by atoms with E-state index in [1.54, 1.807) is 12.1 Å². The van der Waals surface area contributed by atoms with Gasteiger partial charge in [-0.3, -0.25) is 5.32 Å². The number of nitrogens with one attached hydrogen (secondary N) is 1.